The first-order valence-corrected chi connectivity index (χ1v) is 5.39. The van der Waals surface area contributed by atoms with Gasteiger partial charge in [-0.25, -0.2) is 0 Å². The van der Waals surface area contributed by atoms with Crippen LogP contribution in [0.3, 0.4) is 0 Å². The summed E-state index contributed by atoms with van der Waals surface area (Å²) in [6, 6.07) is 10.2. The zero-order valence-corrected chi connectivity index (χ0v) is 9.10. The molecule has 2 rings (SSSR count). The van der Waals surface area contributed by atoms with Crippen molar-refractivity contribution in [1.29, 1.82) is 0 Å². The van der Waals surface area contributed by atoms with Gasteiger partial charge >= 0.3 is 0 Å². The summed E-state index contributed by atoms with van der Waals surface area (Å²) < 4.78 is 1.00. The molecule has 2 aromatic rings. The van der Waals surface area contributed by atoms with Gasteiger partial charge < -0.3 is 0 Å². The summed E-state index contributed by atoms with van der Waals surface area (Å²) in [5, 5.41) is 7.88. The minimum Gasteiger partial charge on any atom is -0.270 e. The van der Waals surface area contributed by atoms with E-state index in [0.29, 0.717) is 0 Å². The number of aromatic amines is 1. The van der Waals surface area contributed by atoms with Crippen LogP contribution in [0.25, 0.3) is 0 Å². The monoisotopic (exact) mass is 254 g/mol. The molecule has 0 saturated carbocycles. The summed E-state index contributed by atoms with van der Waals surface area (Å²) in [6.07, 6.45) is 1.76. The van der Waals surface area contributed by atoms with Gasteiger partial charge in [-0.1, -0.05) is 30.0 Å². The number of hydrogen-bond donors (Lipinski definition) is 1. The van der Waals surface area contributed by atoms with Crippen molar-refractivity contribution < 1.29 is 0 Å². The molecule has 1 aromatic heterocycles. The summed E-state index contributed by atoms with van der Waals surface area (Å²) >= 11 is 5.07. The fraction of sp³-hybridized carbons (Fsp3) is 0. The van der Waals surface area contributed by atoms with Gasteiger partial charge in [-0.3, -0.25) is 5.10 Å². The Morgan fingerprint density at radius 1 is 1.23 bits per heavy atom. The van der Waals surface area contributed by atoms with Crippen LogP contribution in [0.1, 0.15) is 0 Å². The first kappa shape index (κ1) is 8.84. The number of nitrogens with zero attached hydrogens (tertiary/aromatic N) is 1. The quantitative estimate of drug-likeness (QED) is 0.891. The van der Waals surface area contributed by atoms with E-state index < -0.39 is 0 Å². The van der Waals surface area contributed by atoms with Crippen LogP contribution in [-0.4, -0.2) is 10.2 Å². The van der Waals surface area contributed by atoms with Crippen molar-refractivity contribution in [2.75, 3.05) is 0 Å². The van der Waals surface area contributed by atoms with Crippen molar-refractivity contribution in [2.45, 2.75) is 9.92 Å². The van der Waals surface area contributed by atoms with Gasteiger partial charge in [0, 0.05) is 4.90 Å². The lowest BCUT2D eigenvalue weighted by atomic mass is 10.4. The molecule has 1 aromatic carbocycles. The van der Waals surface area contributed by atoms with Crippen LogP contribution in [0.5, 0.6) is 0 Å². The van der Waals surface area contributed by atoms with Gasteiger partial charge in [-0.15, -0.1) is 0 Å². The molecule has 0 aliphatic heterocycles. The van der Waals surface area contributed by atoms with E-state index in [2.05, 4.69) is 38.3 Å². The highest BCUT2D eigenvalue weighted by atomic mass is 79.9. The average molecular weight is 255 g/mol. The van der Waals surface area contributed by atoms with Crippen LogP contribution in [0.4, 0.5) is 0 Å². The van der Waals surface area contributed by atoms with Gasteiger partial charge in [-0.05, 0) is 28.1 Å². The van der Waals surface area contributed by atoms with Crippen LogP contribution in [0, 0.1) is 0 Å². The normalized spacial score (nSPS) is 10.2. The predicted octanol–water partition coefficient (Wildman–Crippen LogP) is 3.32. The lowest BCUT2D eigenvalue weighted by Gasteiger charge is -1.97. The molecule has 0 spiro atoms. The molecule has 0 saturated heterocycles. The number of rotatable bonds is 2. The highest BCUT2D eigenvalue weighted by molar-refractivity contribution is 9.10. The number of nitrogens with one attached hydrogen (secondary N) is 1. The molecule has 0 aliphatic carbocycles. The molecule has 0 unspecified atom stereocenters. The fourth-order valence-corrected chi connectivity index (χ4v) is 2.15. The maximum Gasteiger partial charge on any atom is 0.110 e. The average Bonchev–Trinajstić information content (AvgIpc) is 2.54. The Hall–Kier alpha value is -0.740. The van der Waals surface area contributed by atoms with E-state index in [9.17, 15) is 0 Å². The number of aromatic nitrogens is 2. The van der Waals surface area contributed by atoms with E-state index in [1.807, 2.05) is 18.2 Å². The predicted molar refractivity (Wildman–Crippen MR) is 56.9 cm³/mol. The molecule has 0 aliphatic rings. The maximum atomic E-state index is 3.93. The Morgan fingerprint density at radius 2 is 2.00 bits per heavy atom. The van der Waals surface area contributed by atoms with Crippen molar-refractivity contribution in [3.8, 4) is 0 Å². The molecular weight excluding hydrogens is 248 g/mol. The zero-order valence-electron chi connectivity index (χ0n) is 6.70. The van der Waals surface area contributed by atoms with Crippen LogP contribution in [0.15, 0.2) is 50.9 Å². The summed E-state index contributed by atoms with van der Waals surface area (Å²) in [5.41, 5.74) is 0. The SMILES string of the molecule is Brc1cn[nH]c1Sc1ccccc1. The highest BCUT2D eigenvalue weighted by Crippen LogP contribution is 2.30. The third kappa shape index (κ3) is 2.14. The van der Waals surface area contributed by atoms with E-state index in [-0.39, 0.29) is 0 Å². The molecule has 0 radical (unpaired) electrons. The topological polar surface area (TPSA) is 28.7 Å². The van der Waals surface area contributed by atoms with E-state index in [4.69, 9.17) is 0 Å². The van der Waals surface area contributed by atoms with Gasteiger partial charge in [0.1, 0.15) is 5.03 Å². The Kier molecular flexibility index (Phi) is 2.71. The van der Waals surface area contributed by atoms with Crippen LogP contribution >= 0.6 is 27.7 Å². The maximum absolute atomic E-state index is 3.93. The van der Waals surface area contributed by atoms with Gasteiger partial charge in [-0.2, -0.15) is 5.10 Å². The molecule has 0 atom stereocenters. The van der Waals surface area contributed by atoms with E-state index in [1.54, 1.807) is 18.0 Å². The smallest absolute Gasteiger partial charge is 0.110 e. The van der Waals surface area contributed by atoms with E-state index in [0.717, 1.165) is 9.50 Å². The number of halogens is 1. The largest absolute Gasteiger partial charge is 0.270 e. The second-order valence-electron chi connectivity index (χ2n) is 2.46. The second kappa shape index (κ2) is 3.98. The van der Waals surface area contributed by atoms with Gasteiger partial charge in [0.25, 0.3) is 0 Å². The lowest BCUT2D eigenvalue weighted by molar-refractivity contribution is 1.00. The van der Waals surface area contributed by atoms with Crippen LogP contribution < -0.4 is 0 Å². The number of H-pyrrole nitrogens is 1. The van der Waals surface area contributed by atoms with Crippen molar-refractivity contribution in [2.24, 2.45) is 0 Å². The Morgan fingerprint density at radius 3 is 2.62 bits per heavy atom. The molecule has 66 valence electrons. The zero-order chi connectivity index (χ0) is 9.10. The van der Waals surface area contributed by atoms with Gasteiger partial charge in [0.15, 0.2) is 0 Å². The van der Waals surface area contributed by atoms with Gasteiger partial charge in [0.05, 0.1) is 10.7 Å². The molecule has 1 N–H and O–H groups in total. The first-order valence-electron chi connectivity index (χ1n) is 3.78. The Balaban J connectivity index is 2.20. The van der Waals surface area contributed by atoms with E-state index >= 15 is 0 Å². The third-order valence-corrected chi connectivity index (χ3v) is 3.41. The van der Waals surface area contributed by atoms with E-state index in [1.165, 1.54) is 4.90 Å². The second-order valence-corrected chi connectivity index (χ2v) is 4.40. The van der Waals surface area contributed by atoms with Gasteiger partial charge in [0.2, 0.25) is 0 Å². The summed E-state index contributed by atoms with van der Waals surface area (Å²) in [5.74, 6) is 0. The highest BCUT2D eigenvalue weighted by Gasteiger charge is 2.02. The molecule has 0 bridgehead atoms. The first-order chi connectivity index (χ1) is 6.36. The third-order valence-electron chi connectivity index (χ3n) is 1.52. The molecule has 0 amide bonds. The standard InChI is InChI=1S/C9H7BrN2S/c10-8-6-11-12-9(8)13-7-4-2-1-3-5-7/h1-6H,(H,11,12). The summed E-state index contributed by atoms with van der Waals surface area (Å²) in [6.45, 7) is 0. The number of benzene rings is 1. The van der Waals surface area contributed by atoms with Crippen molar-refractivity contribution in [3.05, 3.63) is 41.0 Å². The fourth-order valence-electron chi connectivity index (χ4n) is 0.938. The minimum absolute atomic E-state index is 1.00. The molecule has 4 heteroatoms. The van der Waals surface area contributed by atoms with Crippen LogP contribution in [-0.2, 0) is 0 Å². The van der Waals surface area contributed by atoms with Crippen molar-refractivity contribution in [1.82, 2.24) is 10.2 Å². The number of hydrogen-bond acceptors (Lipinski definition) is 2. The Labute approximate surface area is 88.9 Å². The summed E-state index contributed by atoms with van der Waals surface area (Å²) in [4.78, 5) is 1.20. The van der Waals surface area contributed by atoms with Crippen molar-refractivity contribution in [3.63, 3.8) is 0 Å². The molecule has 1 heterocycles. The Bertz CT molecular complexity index is 386. The van der Waals surface area contributed by atoms with Crippen LogP contribution in [0.2, 0.25) is 0 Å². The van der Waals surface area contributed by atoms with Crippen molar-refractivity contribution >= 4 is 27.7 Å². The molecular formula is C9H7BrN2S. The molecule has 2 nitrogen and oxygen atoms in total. The lowest BCUT2D eigenvalue weighted by Crippen LogP contribution is -1.73. The summed E-state index contributed by atoms with van der Waals surface area (Å²) in [7, 11) is 0. The molecule has 13 heavy (non-hydrogen) atoms. The minimum atomic E-state index is 1.00. The molecule has 0 fully saturated rings.